The first-order chi connectivity index (χ1) is 25.3. The highest BCUT2D eigenvalue weighted by atomic mass is 16.2. The fourth-order valence-electron chi connectivity index (χ4n) is 7.42. The molecule has 3 unspecified atom stereocenters. The zero-order valence-electron chi connectivity index (χ0n) is 31.8. The van der Waals surface area contributed by atoms with Gasteiger partial charge < -0.3 is 26.2 Å². The molecule has 1 aliphatic carbocycles. The van der Waals surface area contributed by atoms with Crippen molar-refractivity contribution in [3.05, 3.63) is 35.9 Å². The summed E-state index contributed by atoms with van der Waals surface area (Å²) in [5, 5.41) is 25.1. The number of aromatic nitrogens is 5. The molecule has 2 fully saturated rings. The maximum absolute atomic E-state index is 14.4. The summed E-state index contributed by atoms with van der Waals surface area (Å²) < 4.78 is 0. The van der Waals surface area contributed by atoms with Crippen molar-refractivity contribution in [3.63, 3.8) is 0 Å². The summed E-state index contributed by atoms with van der Waals surface area (Å²) >= 11 is 0. The van der Waals surface area contributed by atoms with Crippen molar-refractivity contribution in [2.45, 2.75) is 130 Å². The number of aromatic amines is 1. The van der Waals surface area contributed by atoms with E-state index in [0.717, 1.165) is 24.8 Å². The van der Waals surface area contributed by atoms with Crippen molar-refractivity contribution >= 4 is 35.3 Å². The molecular formula is C37H56N10O6. The van der Waals surface area contributed by atoms with Crippen molar-refractivity contribution in [1.82, 2.24) is 51.8 Å². The summed E-state index contributed by atoms with van der Waals surface area (Å²) in [7, 11) is 0. The molecule has 2 aromatic heterocycles. The number of likely N-dealkylation sites (tertiary alicyclic amines) is 1. The van der Waals surface area contributed by atoms with Crippen LogP contribution in [0.25, 0.3) is 0 Å². The third-order valence-electron chi connectivity index (χ3n) is 10.4. The third kappa shape index (κ3) is 10.9. The Labute approximate surface area is 311 Å². The van der Waals surface area contributed by atoms with Crippen LogP contribution in [0.4, 0.5) is 0 Å². The lowest BCUT2D eigenvalue weighted by Crippen LogP contribution is -2.60. The van der Waals surface area contributed by atoms with Gasteiger partial charge in [-0.15, -0.1) is 10.2 Å². The Morgan fingerprint density at radius 2 is 1.62 bits per heavy atom. The Hall–Kier alpha value is -4.76. The molecule has 2 aliphatic rings. The highest BCUT2D eigenvalue weighted by Crippen LogP contribution is 2.42. The molecule has 0 spiro atoms. The number of Topliss-reactive ketones (excluding diaryl/α,β-unsaturated/α-hetero) is 1. The predicted octanol–water partition coefficient (Wildman–Crippen LogP) is 1.95. The summed E-state index contributed by atoms with van der Waals surface area (Å²) in [4.78, 5) is 87.1. The first-order valence-electron chi connectivity index (χ1n) is 19.0. The van der Waals surface area contributed by atoms with Crippen LogP contribution in [0.1, 0.15) is 110 Å². The Morgan fingerprint density at radius 1 is 0.906 bits per heavy atom. The number of hydrogen-bond acceptors (Lipinski definition) is 10. The topological polar surface area (TPSA) is 221 Å². The van der Waals surface area contributed by atoms with E-state index in [1.165, 1.54) is 0 Å². The number of aryl methyl sites for hydroxylation is 1. The zero-order valence-corrected chi connectivity index (χ0v) is 31.8. The van der Waals surface area contributed by atoms with E-state index in [9.17, 15) is 28.8 Å². The number of rotatable bonds is 19. The minimum absolute atomic E-state index is 0.103. The average Bonchev–Trinajstić information content (AvgIpc) is 3.89. The van der Waals surface area contributed by atoms with Crippen LogP contribution in [-0.2, 0) is 35.2 Å². The van der Waals surface area contributed by atoms with E-state index in [-0.39, 0.29) is 48.3 Å². The number of fused-ring (bicyclic) bond motifs is 1. The van der Waals surface area contributed by atoms with Crippen LogP contribution in [0.3, 0.4) is 0 Å². The second-order valence-electron chi connectivity index (χ2n) is 15.0. The van der Waals surface area contributed by atoms with Crippen LogP contribution >= 0.6 is 0 Å². The molecule has 3 heterocycles. The quantitative estimate of drug-likeness (QED) is 0.104. The number of pyridine rings is 1. The van der Waals surface area contributed by atoms with E-state index < -0.39 is 53.7 Å². The van der Waals surface area contributed by atoms with Crippen LogP contribution in [-0.4, -0.2) is 96.5 Å². The van der Waals surface area contributed by atoms with E-state index >= 15 is 0 Å². The van der Waals surface area contributed by atoms with Crippen molar-refractivity contribution in [2.24, 2.45) is 23.7 Å². The first-order valence-corrected chi connectivity index (χ1v) is 19.0. The number of ketones is 1. The Kier molecular flexibility index (Phi) is 15.0. The van der Waals surface area contributed by atoms with E-state index in [1.54, 1.807) is 36.4 Å². The van der Waals surface area contributed by atoms with Crippen LogP contribution in [0.15, 0.2) is 24.5 Å². The van der Waals surface area contributed by atoms with Gasteiger partial charge in [0, 0.05) is 31.8 Å². The van der Waals surface area contributed by atoms with Crippen molar-refractivity contribution < 1.29 is 28.8 Å². The summed E-state index contributed by atoms with van der Waals surface area (Å²) in [6.45, 7) is 11.3. The molecule has 1 saturated heterocycles. The number of tetrazole rings is 1. The molecule has 2 aromatic rings. The molecule has 7 atom stereocenters. The van der Waals surface area contributed by atoms with E-state index in [2.05, 4.69) is 46.9 Å². The van der Waals surface area contributed by atoms with Gasteiger partial charge in [0.2, 0.25) is 29.4 Å². The maximum atomic E-state index is 14.4. The number of nitrogens with zero attached hydrogens (tertiary/aromatic N) is 5. The van der Waals surface area contributed by atoms with E-state index in [4.69, 9.17) is 0 Å². The number of amides is 5. The third-order valence-corrected chi connectivity index (χ3v) is 10.4. The molecule has 53 heavy (non-hydrogen) atoms. The summed E-state index contributed by atoms with van der Waals surface area (Å²) in [5.41, 5.74) is 0.784. The number of H-pyrrole nitrogens is 1. The van der Waals surface area contributed by atoms with Crippen LogP contribution < -0.4 is 21.3 Å². The molecular weight excluding hydrogens is 680 g/mol. The molecule has 5 amide bonds. The summed E-state index contributed by atoms with van der Waals surface area (Å²) in [5.74, 6) is -3.20. The predicted molar refractivity (Wildman–Crippen MR) is 194 cm³/mol. The number of hydrogen-bond donors (Lipinski definition) is 5. The highest BCUT2D eigenvalue weighted by molar-refractivity contribution is 6.38. The van der Waals surface area contributed by atoms with Crippen LogP contribution in [0.5, 0.6) is 0 Å². The summed E-state index contributed by atoms with van der Waals surface area (Å²) in [6, 6.07) is -0.705. The molecule has 1 saturated carbocycles. The second kappa shape index (κ2) is 19.4. The lowest BCUT2D eigenvalue weighted by atomic mass is 9.92. The van der Waals surface area contributed by atoms with Gasteiger partial charge in [0.15, 0.2) is 5.82 Å². The van der Waals surface area contributed by atoms with Gasteiger partial charge in [-0.05, 0) is 80.4 Å². The van der Waals surface area contributed by atoms with Gasteiger partial charge >= 0.3 is 0 Å². The van der Waals surface area contributed by atoms with E-state index in [0.29, 0.717) is 38.1 Å². The number of carbonyl (C=O) groups is 6. The number of unbranched alkanes of at least 4 members (excludes halogenated alkanes) is 1. The lowest BCUT2D eigenvalue weighted by molar-refractivity contribution is -0.145. The van der Waals surface area contributed by atoms with Crippen LogP contribution in [0.2, 0.25) is 0 Å². The number of nitrogens with one attached hydrogen (secondary N) is 5. The van der Waals surface area contributed by atoms with Gasteiger partial charge in [-0.2, -0.15) is 5.21 Å². The average molecular weight is 737 g/mol. The fourth-order valence-corrected chi connectivity index (χ4v) is 7.42. The van der Waals surface area contributed by atoms with Crippen molar-refractivity contribution in [2.75, 3.05) is 6.54 Å². The van der Waals surface area contributed by atoms with Gasteiger partial charge in [0.05, 0.1) is 12.1 Å². The van der Waals surface area contributed by atoms with Gasteiger partial charge in [-0.1, -0.05) is 52.7 Å². The molecule has 0 aromatic carbocycles. The second-order valence-corrected chi connectivity index (χ2v) is 15.0. The first kappa shape index (κ1) is 41.0. The summed E-state index contributed by atoms with van der Waals surface area (Å²) in [6.07, 6.45) is 8.56. The lowest BCUT2D eigenvalue weighted by Gasteiger charge is -2.34. The van der Waals surface area contributed by atoms with Gasteiger partial charge in [0.1, 0.15) is 18.1 Å². The Bertz CT molecular complexity index is 1550. The van der Waals surface area contributed by atoms with Crippen molar-refractivity contribution in [3.8, 4) is 0 Å². The van der Waals surface area contributed by atoms with Crippen molar-refractivity contribution in [1.29, 1.82) is 0 Å². The molecule has 16 heteroatoms. The highest BCUT2D eigenvalue weighted by Gasteiger charge is 2.51. The molecule has 1 aliphatic heterocycles. The molecule has 0 radical (unpaired) electrons. The zero-order chi connectivity index (χ0) is 38.7. The van der Waals surface area contributed by atoms with Gasteiger partial charge in [0.25, 0.3) is 5.91 Å². The van der Waals surface area contributed by atoms with E-state index in [1.807, 2.05) is 34.6 Å². The molecule has 16 nitrogen and oxygen atoms in total. The fraction of sp³-hybridized carbons (Fsp3) is 0.676. The maximum Gasteiger partial charge on any atom is 0.290 e. The largest absolute Gasteiger partial charge is 0.344 e. The standard InChI is InChI=1S/C37H56N10O6/c1-7-11-27(33(49)36(52)39-23(6)24-16-18-38-19-17-24)40-35(51)32-26-13-10-12-25(26)20-47(32)37(53)31(22(4)5)42-34(50)30(21(2)3)41-29(48)15-9-8-14-28-43-45-46-44-28/h16-19,21-23,25-27,30-32H,7-15,20H2,1-6H3,(H,39,52)(H,40,51)(H,41,48)(H,42,50)(H,43,44,45,46)/t23-,25-,26-,27?,30+,31?,32?/m0/s1. The Balaban J connectivity index is 1.42. The molecule has 290 valence electrons. The van der Waals surface area contributed by atoms with Crippen LogP contribution in [0, 0.1) is 23.7 Å². The number of carbonyl (C=O) groups excluding carboxylic acids is 6. The molecule has 4 rings (SSSR count). The molecule has 0 bridgehead atoms. The van der Waals surface area contributed by atoms with Gasteiger partial charge in [-0.25, -0.2) is 0 Å². The minimum Gasteiger partial charge on any atom is -0.344 e. The normalized spacial score (nSPS) is 20.3. The SMILES string of the molecule is CCCC(NC(=O)C1[C@H]2CCC[C@H]2CN1C(=O)C(NC(=O)[C@H](NC(=O)CCCCc1nn[nH]n1)C(C)C)C(C)C)C(=O)C(=O)N[C@@H](C)c1ccncc1. The molecule has 5 N–H and O–H groups in total. The Morgan fingerprint density at radius 3 is 2.26 bits per heavy atom. The smallest absolute Gasteiger partial charge is 0.290 e. The van der Waals surface area contributed by atoms with Gasteiger partial charge in [-0.3, -0.25) is 33.8 Å². The monoisotopic (exact) mass is 736 g/mol. The minimum atomic E-state index is -1.07.